The van der Waals surface area contributed by atoms with Crippen LogP contribution >= 0.6 is 11.3 Å². The first-order valence-electron chi connectivity index (χ1n) is 8.12. The van der Waals surface area contributed by atoms with Crippen molar-refractivity contribution in [2.24, 2.45) is 0 Å². The predicted molar refractivity (Wildman–Crippen MR) is 95.2 cm³/mol. The van der Waals surface area contributed by atoms with Gasteiger partial charge in [0.2, 0.25) is 0 Å². The standard InChI is InChI=1S/C16H24N6OS/c1-16(2,3)22-10-13(8-18-22)19-15(23)21-6-4-20(5-7-21)9-14-11-24-12-17-14/h8,10-12H,4-7,9H2,1-3H3,(H,19,23). The Kier molecular flexibility index (Phi) is 4.86. The second-order valence-electron chi connectivity index (χ2n) is 7.02. The molecule has 1 aliphatic rings. The van der Waals surface area contributed by atoms with Gasteiger partial charge in [-0.3, -0.25) is 9.58 Å². The molecule has 0 atom stereocenters. The number of hydrogen-bond donors (Lipinski definition) is 1. The van der Waals surface area contributed by atoms with Crippen LogP contribution in [0.3, 0.4) is 0 Å². The molecule has 3 heterocycles. The van der Waals surface area contributed by atoms with Crippen LogP contribution in [0.15, 0.2) is 23.3 Å². The van der Waals surface area contributed by atoms with Crippen LogP contribution in [0.4, 0.5) is 10.5 Å². The van der Waals surface area contributed by atoms with Crippen molar-refractivity contribution in [3.05, 3.63) is 29.0 Å². The number of carbonyl (C=O) groups is 1. The molecule has 0 unspecified atom stereocenters. The number of carbonyl (C=O) groups excluding carboxylic acids is 1. The van der Waals surface area contributed by atoms with Crippen molar-refractivity contribution in [2.75, 3.05) is 31.5 Å². The summed E-state index contributed by atoms with van der Waals surface area (Å²) in [6.45, 7) is 10.3. The largest absolute Gasteiger partial charge is 0.322 e. The predicted octanol–water partition coefficient (Wildman–Crippen LogP) is 2.44. The molecular formula is C16H24N6OS. The molecule has 3 rings (SSSR count). The molecule has 8 heteroatoms. The van der Waals surface area contributed by atoms with Gasteiger partial charge in [0.15, 0.2) is 0 Å². The Hall–Kier alpha value is -1.93. The lowest BCUT2D eigenvalue weighted by atomic mass is 10.1. The fourth-order valence-electron chi connectivity index (χ4n) is 2.61. The highest BCUT2D eigenvalue weighted by molar-refractivity contribution is 7.07. The molecule has 0 aromatic carbocycles. The van der Waals surface area contributed by atoms with E-state index in [4.69, 9.17) is 0 Å². The van der Waals surface area contributed by atoms with E-state index in [-0.39, 0.29) is 11.6 Å². The van der Waals surface area contributed by atoms with E-state index < -0.39 is 0 Å². The third-order valence-corrected chi connectivity index (χ3v) is 4.69. The molecular weight excluding hydrogens is 324 g/mol. The van der Waals surface area contributed by atoms with Crippen LogP contribution in [0.2, 0.25) is 0 Å². The summed E-state index contributed by atoms with van der Waals surface area (Å²) in [5.74, 6) is 0. The van der Waals surface area contributed by atoms with Crippen LogP contribution in [0.5, 0.6) is 0 Å². The number of nitrogens with zero attached hydrogens (tertiary/aromatic N) is 5. The molecule has 2 amide bonds. The van der Waals surface area contributed by atoms with Crippen LogP contribution in [0.25, 0.3) is 0 Å². The lowest BCUT2D eigenvalue weighted by Crippen LogP contribution is -2.49. The number of nitrogens with one attached hydrogen (secondary N) is 1. The lowest BCUT2D eigenvalue weighted by Gasteiger charge is -2.34. The van der Waals surface area contributed by atoms with E-state index in [0.717, 1.165) is 44.1 Å². The molecule has 0 aliphatic carbocycles. The summed E-state index contributed by atoms with van der Waals surface area (Å²) in [7, 11) is 0. The van der Waals surface area contributed by atoms with E-state index in [1.807, 2.05) is 21.3 Å². The van der Waals surface area contributed by atoms with Gasteiger partial charge < -0.3 is 10.2 Å². The molecule has 130 valence electrons. The maximum Gasteiger partial charge on any atom is 0.322 e. The average molecular weight is 348 g/mol. The number of hydrogen-bond acceptors (Lipinski definition) is 5. The van der Waals surface area contributed by atoms with Gasteiger partial charge in [0.05, 0.1) is 28.6 Å². The van der Waals surface area contributed by atoms with Crippen molar-refractivity contribution >= 4 is 23.1 Å². The zero-order valence-electron chi connectivity index (χ0n) is 14.4. The van der Waals surface area contributed by atoms with Crippen molar-refractivity contribution in [1.82, 2.24) is 24.6 Å². The molecule has 2 aromatic rings. The molecule has 0 saturated carbocycles. The summed E-state index contributed by atoms with van der Waals surface area (Å²) in [5.41, 5.74) is 3.61. The average Bonchev–Trinajstić information content (AvgIpc) is 3.19. The molecule has 0 bridgehead atoms. The minimum absolute atomic E-state index is 0.0585. The lowest BCUT2D eigenvalue weighted by molar-refractivity contribution is 0.142. The first-order valence-corrected chi connectivity index (χ1v) is 9.06. The molecule has 1 saturated heterocycles. The highest BCUT2D eigenvalue weighted by atomic mass is 32.1. The summed E-state index contributed by atoms with van der Waals surface area (Å²) < 4.78 is 1.86. The minimum Gasteiger partial charge on any atom is -0.322 e. The molecule has 1 aliphatic heterocycles. The second-order valence-corrected chi connectivity index (χ2v) is 7.74. The van der Waals surface area contributed by atoms with Crippen LogP contribution in [-0.4, -0.2) is 56.8 Å². The van der Waals surface area contributed by atoms with Crippen molar-refractivity contribution in [2.45, 2.75) is 32.9 Å². The van der Waals surface area contributed by atoms with Gasteiger partial charge in [-0.15, -0.1) is 11.3 Å². The van der Waals surface area contributed by atoms with E-state index >= 15 is 0 Å². The SMILES string of the molecule is CC(C)(C)n1cc(NC(=O)N2CCN(Cc3cscn3)CC2)cn1. The van der Waals surface area contributed by atoms with Crippen LogP contribution < -0.4 is 5.32 Å². The number of thiazole rings is 1. The molecule has 0 radical (unpaired) electrons. The number of aromatic nitrogens is 3. The Morgan fingerprint density at radius 2 is 2.04 bits per heavy atom. The number of amides is 2. The molecule has 1 fully saturated rings. The summed E-state index contributed by atoms with van der Waals surface area (Å²) in [6.07, 6.45) is 3.57. The normalized spacial score (nSPS) is 16.4. The molecule has 0 spiro atoms. The van der Waals surface area contributed by atoms with Gasteiger partial charge >= 0.3 is 6.03 Å². The van der Waals surface area contributed by atoms with E-state index in [0.29, 0.717) is 0 Å². The van der Waals surface area contributed by atoms with Crippen molar-refractivity contribution in [1.29, 1.82) is 0 Å². The zero-order chi connectivity index (χ0) is 17.2. The van der Waals surface area contributed by atoms with E-state index in [9.17, 15) is 4.79 Å². The van der Waals surface area contributed by atoms with Gasteiger partial charge in [0, 0.05) is 44.3 Å². The monoisotopic (exact) mass is 348 g/mol. The molecule has 2 aromatic heterocycles. The fraction of sp³-hybridized carbons (Fsp3) is 0.562. The highest BCUT2D eigenvalue weighted by Crippen LogP contribution is 2.16. The topological polar surface area (TPSA) is 66.3 Å². The van der Waals surface area contributed by atoms with Crippen LogP contribution in [0, 0.1) is 0 Å². The van der Waals surface area contributed by atoms with Gasteiger partial charge in [-0.05, 0) is 20.8 Å². The van der Waals surface area contributed by atoms with Crippen molar-refractivity contribution in [3.8, 4) is 0 Å². The quantitative estimate of drug-likeness (QED) is 0.925. The van der Waals surface area contributed by atoms with Gasteiger partial charge in [-0.2, -0.15) is 5.10 Å². The third-order valence-electron chi connectivity index (χ3n) is 4.05. The van der Waals surface area contributed by atoms with Gasteiger partial charge in [0.25, 0.3) is 0 Å². The van der Waals surface area contributed by atoms with Crippen molar-refractivity contribution < 1.29 is 4.79 Å². The Morgan fingerprint density at radius 3 is 2.62 bits per heavy atom. The Labute approximate surface area is 146 Å². The summed E-state index contributed by atoms with van der Waals surface area (Å²) in [5, 5.41) is 9.32. The first kappa shape index (κ1) is 16.9. The van der Waals surface area contributed by atoms with Gasteiger partial charge in [0.1, 0.15) is 0 Å². The van der Waals surface area contributed by atoms with Gasteiger partial charge in [-0.1, -0.05) is 0 Å². The van der Waals surface area contributed by atoms with E-state index in [2.05, 4.69) is 46.5 Å². The maximum absolute atomic E-state index is 12.4. The van der Waals surface area contributed by atoms with E-state index in [1.165, 1.54) is 0 Å². The fourth-order valence-corrected chi connectivity index (χ4v) is 3.16. The third kappa shape index (κ3) is 4.12. The summed E-state index contributed by atoms with van der Waals surface area (Å²) >= 11 is 1.62. The maximum atomic E-state index is 12.4. The number of piperazine rings is 1. The van der Waals surface area contributed by atoms with Crippen LogP contribution in [-0.2, 0) is 12.1 Å². The molecule has 24 heavy (non-hydrogen) atoms. The number of rotatable bonds is 3. The number of anilines is 1. The Balaban J connectivity index is 1.49. The zero-order valence-corrected chi connectivity index (χ0v) is 15.2. The first-order chi connectivity index (χ1) is 11.4. The second kappa shape index (κ2) is 6.90. The summed E-state index contributed by atoms with van der Waals surface area (Å²) in [4.78, 5) is 20.9. The molecule has 7 nitrogen and oxygen atoms in total. The minimum atomic E-state index is -0.0930. The molecule has 1 N–H and O–H groups in total. The van der Waals surface area contributed by atoms with Gasteiger partial charge in [-0.25, -0.2) is 9.78 Å². The van der Waals surface area contributed by atoms with Crippen LogP contribution in [0.1, 0.15) is 26.5 Å². The Bertz CT molecular complexity index is 667. The highest BCUT2D eigenvalue weighted by Gasteiger charge is 2.22. The van der Waals surface area contributed by atoms with E-state index in [1.54, 1.807) is 17.5 Å². The smallest absolute Gasteiger partial charge is 0.322 e. The summed E-state index contributed by atoms with van der Waals surface area (Å²) in [6, 6.07) is -0.0585. The number of urea groups is 1. The Morgan fingerprint density at radius 1 is 1.29 bits per heavy atom. The van der Waals surface area contributed by atoms with Crippen molar-refractivity contribution in [3.63, 3.8) is 0 Å².